The molecule has 0 aliphatic rings. The summed E-state index contributed by atoms with van der Waals surface area (Å²) in [5, 5.41) is 22.8. The van der Waals surface area contributed by atoms with Gasteiger partial charge in [0.25, 0.3) is 5.91 Å². The Morgan fingerprint density at radius 2 is 2.19 bits per heavy atom. The van der Waals surface area contributed by atoms with Gasteiger partial charge in [-0.05, 0) is 31.0 Å². The van der Waals surface area contributed by atoms with Crippen molar-refractivity contribution in [2.45, 2.75) is 19.8 Å². The van der Waals surface area contributed by atoms with Crippen molar-refractivity contribution in [1.29, 1.82) is 5.26 Å². The Labute approximate surface area is 123 Å². The van der Waals surface area contributed by atoms with Crippen LogP contribution in [0.3, 0.4) is 0 Å². The standard InChI is InChI=1S/C15H17N3O3/c1-11-4-2-5-13(8-11)18-10-12(9-16)15(21)17-7-3-6-14(19)20/h2,4-5,8,10,18H,3,6-7H2,1H3,(H,17,21)(H,19,20)/b12-10-. The molecule has 110 valence electrons. The van der Waals surface area contributed by atoms with E-state index in [0.29, 0.717) is 6.42 Å². The van der Waals surface area contributed by atoms with Gasteiger partial charge in [-0.1, -0.05) is 12.1 Å². The minimum Gasteiger partial charge on any atom is -0.481 e. The maximum atomic E-state index is 11.7. The third kappa shape index (κ3) is 6.25. The van der Waals surface area contributed by atoms with Gasteiger partial charge < -0.3 is 15.7 Å². The van der Waals surface area contributed by atoms with Crippen LogP contribution in [0.2, 0.25) is 0 Å². The van der Waals surface area contributed by atoms with E-state index in [2.05, 4.69) is 10.6 Å². The minimum atomic E-state index is -0.915. The van der Waals surface area contributed by atoms with E-state index in [9.17, 15) is 9.59 Å². The molecule has 0 saturated carbocycles. The van der Waals surface area contributed by atoms with Gasteiger partial charge in [-0.2, -0.15) is 5.26 Å². The molecule has 3 N–H and O–H groups in total. The maximum Gasteiger partial charge on any atom is 0.303 e. The normalized spacial score (nSPS) is 10.6. The Morgan fingerprint density at radius 3 is 2.81 bits per heavy atom. The molecule has 0 radical (unpaired) electrons. The highest BCUT2D eigenvalue weighted by atomic mass is 16.4. The predicted octanol–water partition coefficient (Wildman–Crippen LogP) is 1.80. The van der Waals surface area contributed by atoms with E-state index in [-0.39, 0.29) is 18.5 Å². The van der Waals surface area contributed by atoms with Gasteiger partial charge in [0.2, 0.25) is 0 Å². The highest BCUT2D eigenvalue weighted by molar-refractivity contribution is 5.97. The number of nitriles is 1. The second-order valence-electron chi connectivity index (χ2n) is 4.44. The Bertz CT molecular complexity index is 588. The number of aliphatic carboxylic acids is 1. The molecular weight excluding hydrogens is 270 g/mol. The smallest absolute Gasteiger partial charge is 0.303 e. The van der Waals surface area contributed by atoms with Crippen LogP contribution in [0.25, 0.3) is 0 Å². The van der Waals surface area contributed by atoms with E-state index in [1.807, 2.05) is 31.2 Å². The first kappa shape index (κ1) is 16.2. The lowest BCUT2D eigenvalue weighted by Crippen LogP contribution is -2.26. The monoisotopic (exact) mass is 287 g/mol. The van der Waals surface area contributed by atoms with Crippen molar-refractivity contribution in [2.75, 3.05) is 11.9 Å². The number of nitrogens with zero attached hydrogens (tertiary/aromatic N) is 1. The summed E-state index contributed by atoms with van der Waals surface area (Å²) in [5.74, 6) is -1.44. The molecule has 0 fully saturated rings. The number of nitrogens with one attached hydrogen (secondary N) is 2. The summed E-state index contributed by atoms with van der Waals surface area (Å²) in [6.07, 6.45) is 1.64. The van der Waals surface area contributed by atoms with Crippen LogP contribution in [0.4, 0.5) is 5.69 Å². The number of hydrogen-bond donors (Lipinski definition) is 3. The molecule has 21 heavy (non-hydrogen) atoms. The molecule has 0 unspecified atom stereocenters. The Hall–Kier alpha value is -2.81. The van der Waals surface area contributed by atoms with Gasteiger partial charge in [0.1, 0.15) is 11.6 Å². The van der Waals surface area contributed by atoms with Gasteiger partial charge in [-0.3, -0.25) is 9.59 Å². The fourth-order valence-corrected chi connectivity index (χ4v) is 1.58. The second-order valence-corrected chi connectivity index (χ2v) is 4.44. The lowest BCUT2D eigenvalue weighted by molar-refractivity contribution is -0.137. The minimum absolute atomic E-state index is 0.0204. The second kappa shape index (κ2) is 8.38. The highest BCUT2D eigenvalue weighted by Crippen LogP contribution is 2.10. The number of carboxylic acid groups (broad SMARTS) is 1. The molecular formula is C15H17N3O3. The number of carbonyl (C=O) groups excluding carboxylic acids is 1. The van der Waals surface area contributed by atoms with Crippen LogP contribution >= 0.6 is 0 Å². The molecule has 0 aromatic heterocycles. The third-order valence-corrected chi connectivity index (χ3v) is 2.62. The van der Waals surface area contributed by atoms with E-state index >= 15 is 0 Å². The van der Waals surface area contributed by atoms with Crippen molar-refractivity contribution in [3.05, 3.63) is 41.6 Å². The molecule has 6 heteroatoms. The van der Waals surface area contributed by atoms with Crippen LogP contribution in [0.1, 0.15) is 18.4 Å². The number of carbonyl (C=O) groups is 2. The zero-order valence-electron chi connectivity index (χ0n) is 11.7. The molecule has 0 saturated heterocycles. The van der Waals surface area contributed by atoms with E-state index in [4.69, 9.17) is 10.4 Å². The summed E-state index contributed by atoms with van der Waals surface area (Å²) in [4.78, 5) is 22.1. The summed E-state index contributed by atoms with van der Waals surface area (Å²) < 4.78 is 0. The zero-order valence-corrected chi connectivity index (χ0v) is 11.7. The fraction of sp³-hybridized carbons (Fsp3) is 0.267. The lowest BCUT2D eigenvalue weighted by Gasteiger charge is -2.05. The number of anilines is 1. The Kier molecular flexibility index (Phi) is 6.48. The first-order valence-electron chi connectivity index (χ1n) is 6.46. The molecule has 0 atom stereocenters. The van der Waals surface area contributed by atoms with Crippen molar-refractivity contribution in [1.82, 2.24) is 5.32 Å². The van der Waals surface area contributed by atoms with E-state index in [0.717, 1.165) is 11.3 Å². The summed E-state index contributed by atoms with van der Waals surface area (Å²) in [6.45, 7) is 2.16. The van der Waals surface area contributed by atoms with Crippen molar-refractivity contribution in [3.63, 3.8) is 0 Å². The molecule has 0 aliphatic heterocycles. The van der Waals surface area contributed by atoms with Gasteiger partial charge in [0.05, 0.1) is 0 Å². The first-order chi connectivity index (χ1) is 10.0. The first-order valence-corrected chi connectivity index (χ1v) is 6.46. The Morgan fingerprint density at radius 1 is 1.43 bits per heavy atom. The van der Waals surface area contributed by atoms with Crippen molar-refractivity contribution in [2.24, 2.45) is 0 Å². The molecule has 6 nitrogen and oxygen atoms in total. The molecule has 0 aliphatic carbocycles. The molecule has 1 aromatic carbocycles. The molecule has 0 spiro atoms. The average Bonchev–Trinajstić information content (AvgIpc) is 2.44. The van der Waals surface area contributed by atoms with Crippen molar-refractivity contribution in [3.8, 4) is 6.07 Å². The maximum absolute atomic E-state index is 11.7. The summed E-state index contributed by atoms with van der Waals surface area (Å²) >= 11 is 0. The number of aryl methyl sites for hydroxylation is 1. The highest BCUT2D eigenvalue weighted by Gasteiger charge is 2.08. The molecule has 1 aromatic rings. The van der Waals surface area contributed by atoms with E-state index in [1.54, 1.807) is 6.07 Å². The molecule has 0 bridgehead atoms. The summed E-state index contributed by atoms with van der Waals surface area (Å²) in [7, 11) is 0. The van der Waals surface area contributed by atoms with E-state index in [1.165, 1.54) is 6.20 Å². The third-order valence-electron chi connectivity index (χ3n) is 2.62. The molecule has 0 heterocycles. The van der Waals surface area contributed by atoms with Gasteiger partial charge in [0.15, 0.2) is 0 Å². The van der Waals surface area contributed by atoms with Gasteiger partial charge in [-0.15, -0.1) is 0 Å². The molecule has 1 amide bonds. The van der Waals surface area contributed by atoms with Gasteiger partial charge in [-0.25, -0.2) is 0 Å². The number of hydrogen-bond acceptors (Lipinski definition) is 4. The van der Waals surface area contributed by atoms with Crippen LogP contribution in [0.5, 0.6) is 0 Å². The van der Waals surface area contributed by atoms with Gasteiger partial charge in [0, 0.05) is 24.9 Å². The number of benzene rings is 1. The zero-order chi connectivity index (χ0) is 15.7. The average molecular weight is 287 g/mol. The van der Waals surface area contributed by atoms with Crippen LogP contribution in [0, 0.1) is 18.3 Å². The van der Waals surface area contributed by atoms with Crippen LogP contribution in [-0.4, -0.2) is 23.5 Å². The fourth-order valence-electron chi connectivity index (χ4n) is 1.58. The SMILES string of the molecule is Cc1cccc(N/C=C(/C#N)C(=O)NCCCC(=O)O)c1. The predicted molar refractivity (Wildman–Crippen MR) is 78.4 cm³/mol. The van der Waals surface area contributed by atoms with Crippen molar-refractivity contribution >= 4 is 17.6 Å². The van der Waals surface area contributed by atoms with Crippen LogP contribution in [0.15, 0.2) is 36.0 Å². The summed E-state index contributed by atoms with van der Waals surface area (Å²) in [6, 6.07) is 9.32. The van der Waals surface area contributed by atoms with Crippen molar-refractivity contribution < 1.29 is 14.7 Å². The number of amides is 1. The largest absolute Gasteiger partial charge is 0.481 e. The summed E-state index contributed by atoms with van der Waals surface area (Å²) in [5.41, 5.74) is 1.78. The topological polar surface area (TPSA) is 102 Å². The number of rotatable bonds is 7. The van der Waals surface area contributed by atoms with E-state index < -0.39 is 11.9 Å². The van der Waals surface area contributed by atoms with Gasteiger partial charge >= 0.3 is 5.97 Å². The van der Waals surface area contributed by atoms with Crippen LogP contribution < -0.4 is 10.6 Å². The molecule has 1 rings (SSSR count). The quantitative estimate of drug-likeness (QED) is 0.403. The van der Waals surface area contributed by atoms with Crippen LogP contribution in [-0.2, 0) is 9.59 Å². The number of carboxylic acids is 1. The Balaban J connectivity index is 2.53. The lowest BCUT2D eigenvalue weighted by atomic mass is 10.2.